The second kappa shape index (κ2) is 3.65. The number of thioether (sulfide) groups is 1. The topological polar surface area (TPSA) is 72.3 Å². The molecule has 2 aliphatic rings. The number of fused-ring (bicyclic) bond motifs is 1. The zero-order valence-corrected chi connectivity index (χ0v) is 10.3. The molecule has 1 saturated carbocycles. The van der Waals surface area contributed by atoms with Gasteiger partial charge < -0.3 is 16.4 Å². The maximum atomic E-state index is 12.0. The standard InChI is InChI=1S/C12H15N3OS/c13-8-1-2-10-9(5-8)15(11(16)6-17-10)7-12(14)3-4-12/h1-2,5H,3-4,6-7,13-14H2. The molecule has 90 valence electrons. The van der Waals surface area contributed by atoms with Gasteiger partial charge in [-0.05, 0) is 31.0 Å². The largest absolute Gasteiger partial charge is 0.399 e. The van der Waals surface area contributed by atoms with Gasteiger partial charge >= 0.3 is 0 Å². The quantitative estimate of drug-likeness (QED) is 0.772. The summed E-state index contributed by atoms with van der Waals surface area (Å²) in [6, 6.07) is 5.71. The molecule has 0 aromatic heterocycles. The first-order valence-corrected chi connectivity index (χ1v) is 6.68. The van der Waals surface area contributed by atoms with E-state index in [1.165, 1.54) is 0 Å². The van der Waals surface area contributed by atoms with Crippen molar-refractivity contribution in [1.29, 1.82) is 0 Å². The van der Waals surface area contributed by atoms with E-state index < -0.39 is 0 Å². The molecule has 3 rings (SSSR count). The van der Waals surface area contributed by atoms with Crippen molar-refractivity contribution in [3.63, 3.8) is 0 Å². The third-order valence-corrected chi connectivity index (χ3v) is 4.34. The van der Waals surface area contributed by atoms with E-state index in [1.807, 2.05) is 18.2 Å². The molecule has 4 nitrogen and oxygen atoms in total. The summed E-state index contributed by atoms with van der Waals surface area (Å²) in [7, 11) is 0. The Hall–Kier alpha value is -1.20. The predicted molar refractivity (Wildman–Crippen MR) is 70.1 cm³/mol. The number of nitrogens with two attached hydrogens (primary N) is 2. The SMILES string of the molecule is Nc1ccc2c(c1)N(CC1(N)CC1)C(=O)CS2. The molecule has 1 aromatic carbocycles. The van der Waals surface area contributed by atoms with Gasteiger partial charge in [-0.1, -0.05) is 0 Å². The molecule has 0 bridgehead atoms. The molecule has 0 atom stereocenters. The van der Waals surface area contributed by atoms with Crippen LogP contribution in [0.4, 0.5) is 11.4 Å². The number of carbonyl (C=O) groups excluding carboxylic acids is 1. The Kier molecular flexibility index (Phi) is 2.34. The number of carbonyl (C=O) groups is 1. The molecule has 0 saturated heterocycles. The van der Waals surface area contributed by atoms with Crippen LogP contribution < -0.4 is 16.4 Å². The van der Waals surface area contributed by atoms with E-state index in [9.17, 15) is 4.79 Å². The molecule has 1 amide bonds. The van der Waals surface area contributed by atoms with Crippen LogP contribution in [0.5, 0.6) is 0 Å². The minimum atomic E-state index is -0.167. The Morgan fingerprint density at radius 3 is 2.88 bits per heavy atom. The lowest BCUT2D eigenvalue weighted by molar-refractivity contribution is -0.116. The third-order valence-electron chi connectivity index (χ3n) is 3.29. The van der Waals surface area contributed by atoms with Crippen LogP contribution in [0, 0.1) is 0 Å². The van der Waals surface area contributed by atoms with Crippen molar-refractivity contribution in [2.75, 3.05) is 22.9 Å². The number of hydrogen-bond donors (Lipinski definition) is 2. The highest BCUT2D eigenvalue weighted by molar-refractivity contribution is 8.00. The lowest BCUT2D eigenvalue weighted by Crippen LogP contribution is -2.45. The highest BCUT2D eigenvalue weighted by Crippen LogP contribution is 2.40. The number of benzene rings is 1. The Balaban J connectivity index is 1.97. The Morgan fingerprint density at radius 1 is 1.41 bits per heavy atom. The first kappa shape index (κ1) is 10.9. The van der Waals surface area contributed by atoms with Gasteiger partial charge in [0.1, 0.15) is 0 Å². The van der Waals surface area contributed by atoms with Crippen LogP contribution in [-0.2, 0) is 4.79 Å². The van der Waals surface area contributed by atoms with Gasteiger partial charge in [0, 0.05) is 22.7 Å². The zero-order chi connectivity index (χ0) is 12.0. The lowest BCUT2D eigenvalue weighted by atomic mass is 10.2. The summed E-state index contributed by atoms with van der Waals surface area (Å²) >= 11 is 1.57. The number of hydrogen-bond acceptors (Lipinski definition) is 4. The van der Waals surface area contributed by atoms with Crippen molar-refractivity contribution in [2.24, 2.45) is 5.73 Å². The van der Waals surface area contributed by atoms with Gasteiger partial charge in [-0.3, -0.25) is 4.79 Å². The van der Waals surface area contributed by atoms with E-state index in [1.54, 1.807) is 16.7 Å². The van der Waals surface area contributed by atoms with Gasteiger partial charge in [-0.25, -0.2) is 0 Å². The Bertz CT molecular complexity index is 485. The van der Waals surface area contributed by atoms with Gasteiger partial charge in [0.05, 0.1) is 11.4 Å². The Labute approximate surface area is 104 Å². The molecule has 1 aliphatic carbocycles. The highest BCUT2D eigenvalue weighted by Gasteiger charge is 2.42. The molecular formula is C12H15N3OS. The van der Waals surface area contributed by atoms with Gasteiger partial charge in [-0.2, -0.15) is 0 Å². The number of nitrogens with zero attached hydrogens (tertiary/aromatic N) is 1. The van der Waals surface area contributed by atoms with Crippen LogP contribution in [0.3, 0.4) is 0 Å². The molecule has 0 spiro atoms. The summed E-state index contributed by atoms with van der Waals surface area (Å²) in [6.07, 6.45) is 2.00. The molecule has 5 heteroatoms. The van der Waals surface area contributed by atoms with Gasteiger partial charge in [0.2, 0.25) is 5.91 Å². The fraction of sp³-hybridized carbons (Fsp3) is 0.417. The van der Waals surface area contributed by atoms with Gasteiger partial charge in [0.15, 0.2) is 0 Å². The average Bonchev–Trinajstić information content (AvgIpc) is 3.01. The van der Waals surface area contributed by atoms with Crippen LogP contribution in [0.1, 0.15) is 12.8 Å². The number of rotatable bonds is 2. The van der Waals surface area contributed by atoms with E-state index in [4.69, 9.17) is 11.5 Å². The minimum Gasteiger partial charge on any atom is -0.399 e. The average molecular weight is 249 g/mol. The summed E-state index contributed by atoms with van der Waals surface area (Å²) < 4.78 is 0. The molecule has 1 fully saturated rings. The summed E-state index contributed by atoms with van der Waals surface area (Å²) in [6.45, 7) is 0.614. The van der Waals surface area contributed by atoms with Crippen LogP contribution in [0.2, 0.25) is 0 Å². The molecule has 0 radical (unpaired) electrons. The highest BCUT2D eigenvalue weighted by atomic mass is 32.2. The predicted octanol–water partition coefficient (Wildman–Crippen LogP) is 1.20. The maximum absolute atomic E-state index is 12.0. The van der Waals surface area contributed by atoms with E-state index in [0.717, 1.165) is 23.4 Å². The molecule has 1 aromatic rings. The first-order chi connectivity index (χ1) is 8.07. The lowest BCUT2D eigenvalue weighted by Gasteiger charge is -2.31. The smallest absolute Gasteiger partial charge is 0.237 e. The van der Waals surface area contributed by atoms with Crippen molar-refractivity contribution < 1.29 is 4.79 Å². The summed E-state index contributed by atoms with van der Waals surface area (Å²) in [5.41, 5.74) is 13.3. The van der Waals surface area contributed by atoms with E-state index in [2.05, 4.69) is 0 Å². The molecule has 4 N–H and O–H groups in total. The third kappa shape index (κ3) is 2.00. The summed E-state index contributed by atoms with van der Waals surface area (Å²) in [5, 5.41) is 0. The first-order valence-electron chi connectivity index (χ1n) is 5.69. The Morgan fingerprint density at radius 2 is 2.18 bits per heavy atom. The van der Waals surface area contributed by atoms with Crippen molar-refractivity contribution >= 4 is 29.0 Å². The molecule has 0 unspecified atom stereocenters. The number of amides is 1. The maximum Gasteiger partial charge on any atom is 0.237 e. The fourth-order valence-corrected chi connectivity index (χ4v) is 2.94. The van der Waals surface area contributed by atoms with Gasteiger partial charge in [0.25, 0.3) is 0 Å². The normalized spacial score (nSPS) is 21.2. The molecular weight excluding hydrogens is 234 g/mol. The number of anilines is 2. The monoisotopic (exact) mass is 249 g/mol. The van der Waals surface area contributed by atoms with Crippen molar-refractivity contribution in [3.8, 4) is 0 Å². The molecule has 1 aliphatic heterocycles. The van der Waals surface area contributed by atoms with E-state index in [0.29, 0.717) is 18.0 Å². The minimum absolute atomic E-state index is 0.129. The fourth-order valence-electron chi connectivity index (χ4n) is 2.03. The van der Waals surface area contributed by atoms with Crippen LogP contribution in [0.15, 0.2) is 23.1 Å². The van der Waals surface area contributed by atoms with Crippen molar-refractivity contribution in [2.45, 2.75) is 23.3 Å². The molecule has 17 heavy (non-hydrogen) atoms. The second-order valence-electron chi connectivity index (χ2n) is 4.86. The van der Waals surface area contributed by atoms with Crippen molar-refractivity contribution in [1.82, 2.24) is 0 Å². The number of nitrogen functional groups attached to an aromatic ring is 1. The van der Waals surface area contributed by atoms with Crippen LogP contribution in [0.25, 0.3) is 0 Å². The van der Waals surface area contributed by atoms with Crippen LogP contribution >= 0.6 is 11.8 Å². The zero-order valence-electron chi connectivity index (χ0n) is 9.48. The second-order valence-corrected chi connectivity index (χ2v) is 5.88. The molecule has 1 heterocycles. The van der Waals surface area contributed by atoms with Gasteiger partial charge in [-0.15, -0.1) is 11.8 Å². The van der Waals surface area contributed by atoms with Crippen molar-refractivity contribution in [3.05, 3.63) is 18.2 Å². The summed E-state index contributed by atoms with van der Waals surface area (Å²) in [4.78, 5) is 14.9. The van der Waals surface area contributed by atoms with E-state index >= 15 is 0 Å². The summed E-state index contributed by atoms with van der Waals surface area (Å²) in [5.74, 6) is 0.623. The van der Waals surface area contributed by atoms with Crippen LogP contribution in [-0.4, -0.2) is 23.7 Å². The van der Waals surface area contributed by atoms with E-state index in [-0.39, 0.29) is 11.4 Å².